The van der Waals surface area contributed by atoms with Crippen molar-refractivity contribution in [3.05, 3.63) is 81.1 Å². The Morgan fingerprint density at radius 3 is 2.47 bits per heavy atom. The lowest BCUT2D eigenvalue weighted by atomic mass is 9.88. The van der Waals surface area contributed by atoms with E-state index in [-0.39, 0.29) is 11.5 Å². The Kier molecular flexibility index (Phi) is 5.53. The van der Waals surface area contributed by atoms with E-state index in [1.165, 1.54) is 4.68 Å². The van der Waals surface area contributed by atoms with Crippen LogP contribution in [0.15, 0.2) is 53.3 Å². The number of nitrogens with one attached hydrogen (secondary N) is 1. The largest absolute Gasteiger partial charge is 0.324 e. The fraction of sp³-hybridized carbons (Fsp3) is 0.320. The molecule has 1 atom stereocenters. The zero-order chi connectivity index (χ0) is 21.3. The van der Waals surface area contributed by atoms with Gasteiger partial charge in [0.2, 0.25) is 5.91 Å². The van der Waals surface area contributed by atoms with Gasteiger partial charge in [0, 0.05) is 16.8 Å². The van der Waals surface area contributed by atoms with Gasteiger partial charge in [-0.1, -0.05) is 35.9 Å². The van der Waals surface area contributed by atoms with Crippen LogP contribution < -0.4 is 10.9 Å². The number of carbonyl (C=O) groups is 1. The van der Waals surface area contributed by atoms with Gasteiger partial charge >= 0.3 is 0 Å². The molecule has 0 saturated carbocycles. The molecule has 154 valence electrons. The maximum absolute atomic E-state index is 13.3. The van der Waals surface area contributed by atoms with Crippen molar-refractivity contribution >= 4 is 11.6 Å². The Morgan fingerprint density at radius 1 is 1.03 bits per heavy atom. The number of amides is 1. The fourth-order valence-corrected chi connectivity index (χ4v) is 4.10. The van der Waals surface area contributed by atoms with Crippen molar-refractivity contribution in [2.45, 2.75) is 52.5 Å². The summed E-state index contributed by atoms with van der Waals surface area (Å²) in [7, 11) is 0. The number of fused-ring (bicyclic) bond motifs is 1. The Hall–Kier alpha value is -3.21. The second-order valence-electron chi connectivity index (χ2n) is 8.11. The Morgan fingerprint density at radius 2 is 1.73 bits per heavy atom. The molecule has 0 spiro atoms. The molecular formula is C25H27N3O2. The smallest absolute Gasteiger partial charge is 0.271 e. The van der Waals surface area contributed by atoms with E-state index < -0.39 is 6.04 Å². The van der Waals surface area contributed by atoms with Crippen LogP contribution in [-0.4, -0.2) is 15.7 Å². The monoisotopic (exact) mass is 401 g/mol. The van der Waals surface area contributed by atoms with Gasteiger partial charge in [0.25, 0.3) is 5.56 Å². The van der Waals surface area contributed by atoms with E-state index in [0.29, 0.717) is 5.69 Å². The number of aromatic nitrogens is 2. The van der Waals surface area contributed by atoms with Gasteiger partial charge in [0.1, 0.15) is 6.04 Å². The average Bonchev–Trinajstić information content (AvgIpc) is 2.76. The summed E-state index contributed by atoms with van der Waals surface area (Å²) in [5, 5.41) is 7.65. The van der Waals surface area contributed by atoms with Crippen molar-refractivity contribution in [2.75, 3.05) is 5.32 Å². The highest BCUT2D eigenvalue weighted by Crippen LogP contribution is 2.31. The van der Waals surface area contributed by atoms with Gasteiger partial charge in [-0.05, 0) is 75.8 Å². The van der Waals surface area contributed by atoms with Gasteiger partial charge in [0.15, 0.2) is 0 Å². The summed E-state index contributed by atoms with van der Waals surface area (Å²) in [6.07, 6.45) is 3.64. The molecule has 0 bridgehead atoms. The summed E-state index contributed by atoms with van der Waals surface area (Å²) < 4.78 is 1.37. The summed E-state index contributed by atoms with van der Waals surface area (Å²) >= 11 is 0. The number of carbonyl (C=O) groups excluding carboxylic acids is 1. The number of rotatable bonds is 4. The molecule has 1 aliphatic carbocycles. The molecule has 5 nitrogen and oxygen atoms in total. The van der Waals surface area contributed by atoms with Gasteiger partial charge < -0.3 is 5.32 Å². The summed E-state index contributed by atoms with van der Waals surface area (Å²) in [4.78, 5) is 26.2. The molecule has 1 N–H and O–H groups in total. The Bertz CT molecular complexity index is 1150. The number of benzene rings is 2. The first-order valence-corrected chi connectivity index (χ1v) is 10.5. The molecule has 0 unspecified atom stereocenters. The van der Waals surface area contributed by atoms with Crippen molar-refractivity contribution in [2.24, 2.45) is 0 Å². The predicted molar refractivity (Wildman–Crippen MR) is 120 cm³/mol. The second-order valence-corrected chi connectivity index (χ2v) is 8.11. The summed E-state index contributed by atoms with van der Waals surface area (Å²) in [6.45, 7) is 5.85. The summed E-state index contributed by atoms with van der Waals surface area (Å²) in [6, 6.07) is 14.9. The molecule has 0 aliphatic heterocycles. The zero-order valence-electron chi connectivity index (χ0n) is 17.7. The van der Waals surface area contributed by atoms with Crippen molar-refractivity contribution in [1.29, 1.82) is 0 Å². The molecular weight excluding hydrogens is 374 g/mol. The van der Waals surface area contributed by atoms with E-state index in [9.17, 15) is 9.59 Å². The van der Waals surface area contributed by atoms with Crippen molar-refractivity contribution in [3.8, 4) is 11.3 Å². The lowest BCUT2D eigenvalue weighted by Gasteiger charge is -2.23. The second kappa shape index (κ2) is 8.27. The molecule has 0 radical (unpaired) electrons. The Labute approximate surface area is 176 Å². The highest BCUT2D eigenvalue weighted by molar-refractivity contribution is 5.93. The number of nitrogens with zero attached hydrogens (tertiary/aromatic N) is 2. The molecule has 5 heteroatoms. The average molecular weight is 402 g/mol. The van der Waals surface area contributed by atoms with Gasteiger partial charge in [-0.2, -0.15) is 5.10 Å². The maximum Gasteiger partial charge on any atom is 0.271 e. The molecule has 1 aromatic heterocycles. The van der Waals surface area contributed by atoms with Crippen LogP contribution in [0, 0.1) is 13.8 Å². The van der Waals surface area contributed by atoms with Gasteiger partial charge in [0.05, 0.1) is 5.69 Å². The van der Waals surface area contributed by atoms with Crippen LogP contribution in [0.5, 0.6) is 0 Å². The van der Waals surface area contributed by atoms with E-state index in [1.54, 1.807) is 6.92 Å². The first-order chi connectivity index (χ1) is 14.5. The third-order valence-corrected chi connectivity index (χ3v) is 5.86. The molecule has 3 aromatic rings. The predicted octanol–water partition coefficient (Wildman–Crippen LogP) is 4.61. The van der Waals surface area contributed by atoms with Crippen LogP contribution in [0.1, 0.15) is 48.1 Å². The quantitative estimate of drug-likeness (QED) is 0.695. The highest BCUT2D eigenvalue weighted by atomic mass is 16.2. The van der Waals surface area contributed by atoms with E-state index in [4.69, 9.17) is 5.10 Å². The first-order valence-electron chi connectivity index (χ1n) is 10.5. The van der Waals surface area contributed by atoms with Crippen molar-refractivity contribution in [3.63, 3.8) is 0 Å². The van der Waals surface area contributed by atoms with Crippen LogP contribution in [-0.2, 0) is 17.6 Å². The number of hydrogen-bond donors (Lipinski definition) is 1. The summed E-state index contributed by atoms with van der Waals surface area (Å²) in [5.74, 6) is -0.251. The molecule has 0 saturated heterocycles. The highest BCUT2D eigenvalue weighted by Gasteiger charge is 2.26. The van der Waals surface area contributed by atoms with E-state index in [2.05, 4.69) is 37.4 Å². The molecule has 4 rings (SSSR count). The van der Waals surface area contributed by atoms with Gasteiger partial charge in [-0.3, -0.25) is 9.59 Å². The number of aryl methyl sites for hydroxylation is 2. The third-order valence-electron chi connectivity index (χ3n) is 5.86. The standard InChI is InChI=1S/C25H27N3O2/c1-16-13-14-17(2)22(15-16)23-20-11-7-8-12-21(20)25(30)28(27-23)18(3)24(29)26-19-9-5-4-6-10-19/h4-6,9-10,13-15,18H,7-8,11-12H2,1-3H3,(H,26,29)/t18-/m0/s1. The number of para-hydroxylation sites is 1. The molecule has 1 amide bonds. The normalized spacial score (nSPS) is 14.1. The SMILES string of the molecule is Cc1ccc(C)c(-c2nn([C@@H](C)C(=O)Nc3ccccc3)c(=O)c3c2CCCC3)c1. The first kappa shape index (κ1) is 20.1. The van der Waals surface area contributed by atoms with Crippen LogP contribution >= 0.6 is 0 Å². The third kappa shape index (κ3) is 3.80. The molecule has 2 aromatic carbocycles. The summed E-state index contributed by atoms with van der Waals surface area (Å²) in [5.41, 5.74) is 6.56. The van der Waals surface area contributed by atoms with Crippen LogP contribution in [0.4, 0.5) is 5.69 Å². The van der Waals surface area contributed by atoms with Crippen LogP contribution in [0.25, 0.3) is 11.3 Å². The lowest BCUT2D eigenvalue weighted by Crippen LogP contribution is -2.37. The van der Waals surface area contributed by atoms with E-state index in [0.717, 1.165) is 59.2 Å². The topological polar surface area (TPSA) is 64.0 Å². The molecule has 1 aliphatic rings. The molecule has 0 fully saturated rings. The van der Waals surface area contributed by atoms with Gasteiger partial charge in [-0.15, -0.1) is 0 Å². The number of hydrogen-bond acceptors (Lipinski definition) is 3. The minimum Gasteiger partial charge on any atom is -0.324 e. The maximum atomic E-state index is 13.3. The molecule has 30 heavy (non-hydrogen) atoms. The van der Waals surface area contributed by atoms with E-state index in [1.807, 2.05) is 30.3 Å². The zero-order valence-corrected chi connectivity index (χ0v) is 17.7. The Balaban J connectivity index is 1.81. The van der Waals surface area contributed by atoms with Gasteiger partial charge in [-0.25, -0.2) is 4.68 Å². The minimum absolute atomic E-state index is 0.144. The number of anilines is 1. The minimum atomic E-state index is -0.714. The lowest BCUT2D eigenvalue weighted by molar-refractivity contribution is -0.119. The van der Waals surface area contributed by atoms with E-state index >= 15 is 0 Å². The van der Waals surface area contributed by atoms with Crippen molar-refractivity contribution < 1.29 is 4.79 Å². The van der Waals surface area contributed by atoms with Crippen LogP contribution in [0.3, 0.4) is 0 Å². The van der Waals surface area contributed by atoms with Crippen LogP contribution in [0.2, 0.25) is 0 Å². The fourth-order valence-electron chi connectivity index (χ4n) is 4.10. The molecule has 1 heterocycles. The van der Waals surface area contributed by atoms with Crippen molar-refractivity contribution in [1.82, 2.24) is 9.78 Å².